The van der Waals surface area contributed by atoms with Crippen molar-refractivity contribution in [1.82, 2.24) is 35.1 Å². The van der Waals surface area contributed by atoms with Crippen molar-refractivity contribution < 1.29 is 19.2 Å². The molecule has 2 aliphatic heterocycles. The number of unbranched alkanes of at least 4 members (excludes halogenated alkanes) is 16. The van der Waals surface area contributed by atoms with Gasteiger partial charge in [0.05, 0.1) is 0 Å². The Hall–Kier alpha value is -3.28. The maximum absolute atomic E-state index is 14.2. The highest BCUT2D eigenvalue weighted by atomic mass is 16.2. The van der Waals surface area contributed by atoms with Gasteiger partial charge in [-0.3, -0.25) is 19.2 Å². The summed E-state index contributed by atoms with van der Waals surface area (Å²) in [6.07, 6.45) is 58.8. The molecule has 0 spiro atoms. The molecule has 4 aliphatic rings. The first-order chi connectivity index (χ1) is 38.3. The van der Waals surface area contributed by atoms with Crippen molar-refractivity contribution in [3.63, 3.8) is 0 Å². The van der Waals surface area contributed by atoms with Crippen LogP contribution in [0.3, 0.4) is 0 Å². The Morgan fingerprint density at radius 3 is 1.12 bits per heavy atom. The Bertz CT molecular complexity index is 1550. The van der Waals surface area contributed by atoms with E-state index in [1.54, 1.807) is 0 Å². The molecule has 2 atom stereocenters. The molecular weight excluding hydrogens is 967 g/mol. The highest BCUT2D eigenvalue weighted by molar-refractivity contribution is 5.89. The van der Waals surface area contributed by atoms with Gasteiger partial charge in [0, 0.05) is 65.2 Å². The predicted octanol–water partition coefficient (Wildman–Crippen LogP) is 13.7. The number of rotatable bonds is 46. The van der Waals surface area contributed by atoms with Gasteiger partial charge in [0.1, 0.15) is 12.1 Å². The zero-order valence-corrected chi connectivity index (χ0v) is 50.7. The second-order valence-electron chi connectivity index (χ2n) is 24.1. The normalized spacial score (nSPS) is 17.8. The first kappa shape index (κ1) is 67.2. The van der Waals surface area contributed by atoms with Gasteiger partial charge in [0.2, 0.25) is 23.6 Å². The Morgan fingerprint density at radius 2 is 0.769 bits per heavy atom. The average molecular weight is 1090 g/mol. The van der Waals surface area contributed by atoms with Crippen molar-refractivity contribution in [2.75, 3.05) is 85.6 Å². The summed E-state index contributed by atoms with van der Waals surface area (Å²) >= 11 is 0. The summed E-state index contributed by atoms with van der Waals surface area (Å²) in [7, 11) is 2.04. The van der Waals surface area contributed by atoms with E-state index in [-0.39, 0.29) is 35.5 Å². The second kappa shape index (κ2) is 44.4. The molecule has 0 bridgehead atoms. The molecule has 446 valence electrons. The first-order valence-electron chi connectivity index (χ1n) is 33.2. The quantitative estimate of drug-likeness (QED) is 0.0462. The molecule has 2 heterocycles. The lowest BCUT2D eigenvalue weighted by molar-refractivity contribution is -0.141. The van der Waals surface area contributed by atoms with Gasteiger partial charge in [0.15, 0.2) is 0 Å². The van der Waals surface area contributed by atoms with Gasteiger partial charge in [-0.25, -0.2) is 0 Å². The summed E-state index contributed by atoms with van der Waals surface area (Å²) < 4.78 is 0. The lowest BCUT2D eigenvalue weighted by Crippen LogP contribution is -2.54. The first-order valence-corrected chi connectivity index (χ1v) is 33.2. The molecule has 4 rings (SSSR count). The van der Waals surface area contributed by atoms with Crippen molar-refractivity contribution in [3.05, 3.63) is 48.6 Å². The number of amides is 4. The molecule has 0 aromatic carbocycles. The van der Waals surface area contributed by atoms with Crippen LogP contribution < -0.4 is 10.6 Å². The Kier molecular flexibility index (Phi) is 38.3. The van der Waals surface area contributed by atoms with Gasteiger partial charge in [0.25, 0.3) is 0 Å². The van der Waals surface area contributed by atoms with E-state index < -0.39 is 12.1 Å². The zero-order chi connectivity index (χ0) is 55.5. The van der Waals surface area contributed by atoms with Crippen molar-refractivity contribution in [3.8, 4) is 0 Å². The Labute approximate surface area is 479 Å². The van der Waals surface area contributed by atoms with Crippen molar-refractivity contribution in [1.29, 1.82) is 0 Å². The third-order valence-corrected chi connectivity index (χ3v) is 17.0. The standard InChI is InChI=1S/C67H119N7O4/c1-4-6-8-10-12-14-16-18-20-22-24-26-28-30-36-42-62(75)73(58-56-71-50-38-32-33-39-51-71)64(60-44-45-60)66(77)68-48-54-70(3)55-49-69-67(78)65(61-46-47-61)74(59-57-72-52-40-34-35-41-53-72)63(76)43-37-31-29-27-25-23-21-19-17-15-13-11-9-7-5-2/h12-15,18-21,60-61,64-65H,4-11,16-17,22-59H2,1-3H3,(H,68,77)(H,69,78)/b14-12-,15-13-,20-18-,21-19-. The van der Waals surface area contributed by atoms with Gasteiger partial charge in [-0.05, 0) is 173 Å². The fourth-order valence-electron chi connectivity index (χ4n) is 11.6. The number of hydrogen-bond acceptors (Lipinski definition) is 7. The number of carbonyl (C=O) groups is 4. The molecule has 2 unspecified atom stereocenters. The van der Waals surface area contributed by atoms with Gasteiger partial charge >= 0.3 is 0 Å². The minimum atomic E-state index is -0.411. The van der Waals surface area contributed by atoms with Gasteiger partial charge in [-0.2, -0.15) is 0 Å². The summed E-state index contributed by atoms with van der Waals surface area (Å²) in [6, 6.07) is -0.821. The molecule has 4 amide bonds. The molecule has 0 aromatic heterocycles. The number of hydrogen-bond donors (Lipinski definition) is 2. The fraction of sp³-hybridized carbons (Fsp3) is 0.821. The highest BCUT2D eigenvalue weighted by Crippen LogP contribution is 2.37. The molecule has 2 saturated heterocycles. The van der Waals surface area contributed by atoms with Gasteiger partial charge in [-0.1, -0.05) is 152 Å². The fourth-order valence-corrected chi connectivity index (χ4v) is 11.6. The van der Waals surface area contributed by atoms with Crippen molar-refractivity contribution in [2.24, 2.45) is 11.8 Å². The van der Waals surface area contributed by atoms with Crippen molar-refractivity contribution in [2.45, 2.75) is 257 Å². The number of carbonyl (C=O) groups excluding carboxylic acids is 4. The number of likely N-dealkylation sites (tertiary alicyclic amines) is 2. The van der Waals surface area contributed by atoms with E-state index in [1.807, 2.05) is 16.8 Å². The van der Waals surface area contributed by atoms with E-state index in [9.17, 15) is 19.2 Å². The minimum absolute atomic E-state index is 0.0134. The van der Waals surface area contributed by atoms with Crippen LogP contribution in [0.15, 0.2) is 48.6 Å². The minimum Gasteiger partial charge on any atom is -0.353 e. The summed E-state index contributed by atoms with van der Waals surface area (Å²) in [6.45, 7) is 14.0. The zero-order valence-electron chi connectivity index (χ0n) is 50.7. The van der Waals surface area contributed by atoms with Crippen LogP contribution in [0.5, 0.6) is 0 Å². The van der Waals surface area contributed by atoms with E-state index in [2.05, 4.69) is 87.8 Å². The van der Waals surface area contributed by atoms with Crippen LogP contribution >= 0.6 is 0 Å². The van der Waals surface area contributed by atoms with E-state index in [0.29, 0.717) is 52.1 Å². The molecular formula is C67H119N7O4. The number of allylic oxidation sites excluding steroid dienone is 8. The summed E-state index contributed by atoms with van der Waals surface area (Å²) in [5.74, 6) is 0.713. The van der Waals surface area contributed by atoms with Crippen LogP contribution in [0.1, 0.15) is 245 Å². The number of nitrogens with zero attached hydrogens (tertiary/aromatic N) is 5. The molecule has 2 N–H and O–H groups in total. The molecule has 2 saturated carbocycles. The third kappa shape index (κ3) is 31.6. The summed E-state index contributed by atoms with van der Waals surface area (Å²) in [5, 5.41) is 6.53. The Balaban J connectivity index is 1.20. The topological polar surface area (TPSA) is 109 Å². The lowest BCUT2D eigenvalue weighted by Gasteiger charge is -2.34. The largest absolute Gasteiger partial charge is 0.353 e. The maximum atomic E-state index is 14.2. The van der Waals surface area contributed by atoms with Crippen LogP contribution in [0.25, 0.3) is 0 Å². The maximum Gasteiger partial charge on any atom is 0.243 e. The van der Waals surface area contributed by atoms with E-state index in [1.165, 1.54) is 128 Å². The Morgan fingerprint density at radius 1 is 0.436 bits per heavy atom. The number of nitrogens with one attached hydrogen (secondary N) is 2. The predicted molar refractivity (Wildman–Crippen MR) is 328 cm³/mol. The summed E-state index contributed by atoms with van der Waals surface area (Å²) in [4.78, 5) is 67.8. The van der Waals surface area contributed by atoms with Crippen molar-refractivity contribution >= 4 is 23.6 Å². The smallest absolute Gasteiger partial charge is 0.243 e. The molecule has 11 nitrogen and oxygen atoms in total. The molecule has 0 aromatic rings. The molecule has 11 heteroatoms. The molecule has 2 aliphatic carbocycles. The second-order valence-corrected chi connectivity index (χ2v) is 24.1. The van der Waals surface area contributed by atoms with Gasteiger partial charge in [-0.15, -0.1) is 0 Å². The molecule has 0 radical (unpaired) electrons. The SMILES string of the molecule is CCCCC/C=C\C/C=C\CCCCCCCC(=O)N(CCN1CCCCCC1)C(C(=O)NCCN(C)CCNC(=O)C(C1CC1)N(CCN1CCCCCC1)C(=O)CCCCCCC/C=C\C/C=C\CCCCC)C1CC1. The third-order valence-electron chi connectivity index (χ3n) is 17.0. The summed E-state index contributed by atoms with van der Waals surface area (Å²) in [5.41, 5.74) is 0. The van der Waals surface area contributed by atoms with Crippen LogP contribution in [-0.4, -0.2) is 146 Å². The highest BCUT2D eigenvalue weighted by Gasteiger charge is 2.43. The van der Waals surface area contributed by atoms with Crippen LogP contribution in [0.2, 0.25) is 0 Å². The lowest BCUT2D eigenvalue weighted by atomic mass is 10.1. The molecule has 78 heavy (non-hydrogen) atoms. The van der Waals surface area contributed by atoms with Crippen LogP contribution in [0, 0.1) is 11.8 Å². The van der Waals surface area contributed by atoms with Crippen LogP contribution in [-0.2, 0) is 19.2 Å². The number of likely N-dealkylation sites (N-methyl/N-ethyl adjacent to an activating group) is 1. The monoisotopic (exact) mass is 1090 g/mol. The van der Waals surface area contributed by atoms with Gasteiger partial charge < -0.3 is 35.1 Å². The van der Waals surface area contributed by atoms with E-state index >= 15 is 0 Å². The van der Waals surface area contributed by atoms with Crippen LogP contribution in [0.4, 0.5) is 0 Å². The van der Waals surface area contributed by atoms with E-state index in [0.717, 1.165) is 129 Å². The van der Waals surface area contributed by atoms with E-state index in [4.69, 9.17) is 0 Å². The molecule has 4 fully saturated rings. The average Bonchev–Trinajstić information content (AvgIpc) is 4.38.